The summed E-state index contributed by atoms with van der Waals surface area (Å²) in [4.78, 5) is 48.8. The van der Waals surface area contributed by atoms with E-state index in [1.54, 1.807) is 0 Å². The average Bonchev–Trinajstić information content (AvgIpc) is 3.23. The van der Waals surface area contributed by atoms with Crippen LogP contribution < -0.4 is 15.6 Å². The lowest BCUT2D eigenvalue weighted by atomic mass is 10.0. The topological polar surface area (TPSA) is 151 Å². The van der Waals surface area contributed by atoms with Gasteiger partial charge in [0.15, 0.2) is 40.2 Å². The van der Waals surface area contributed by atoms with Gasteiger partial charge >= 0.3 is 5.97 Å². The largest absolute Gasteiger partial charge is 0.477 e. The van der Waals surface area contributed by atoms with E-state index in [-0.39, 0.29) is 22.2 Å². The standard InChI is InChI=1S/C21H18Cl2N6O5S2/c22-21(23)6-12(21)34-27-13(11-9-36-20(24)25-11)16(30)26-14-17(31)29-15(19(32)33)10(8-35-18(14)29)7-28-4-2-1-3-5-28/h1-5,9,12,14,18H,6-8H2,(H3-,24,25,26,30,32,33)/p+1/t12?,14-,18+/m1/s1. The van der Waals surface area contributed by atoms with E-state index in [0.29, 0.717) is 24.3 Å². The summed E-state index contributed by atoms with van der Waals surface area (Å²) in [5.74, 6) is -2.07. The first kappa shape index (κ1) is 24.8. The maximum Gasteiger partial charge on any atom is 0.352 e. The molecule has 3 aliphatic rings. The molecule has 2 aliphatic heterocycles. The normalized spacial score (nSPS) is 24.6. The minimum Gasteiger partial charge on any atom is -0.477 e. The van der Waals surface area contributed by atoms with Crippen LogP contribution in [0.1, 0.15) is 12.1 Å². The Balaban J connectivity index is 1.33. The molecule has 0 bridgehead atoms. The number of amides is 2. The van der Waals surface area contributed by atoms with Crippen LogP contribution in [0.4, 0.5) is 5.13 Å². The lowest BCUT2D eigenvalue weighted by Gasteiger charge is -2.49. The van der Waals surface area contributed by atoms with Crippen LogP contribution in [0.2, 0.25) is 0 Å². The van der Waals surface area contributed by atoms with E-state index >= 15 is 0 Å². The lowest BCUT2D eigenvalue weighted by molar-refractivity contribution is -0.689. The quantitative estimate of drug-likeness (QED) is 0.141. The number of carbonyl (C=O) groups is 3. The SMILES string of the molecule is Nc1nc(C(=NOC2CC2(Cl)Cl)C(=O)N[C@@H]2C(=O)N3C(C(=O)O)=C(C[n+]4ccccc4)CS[C@@H]23)cs1. The molecule has 1 saturated heterocycles. The van der Waals surface area contributed by atoms with Gasteiger partial charge in [0.25, 0.3) is 11.8 Å². The molecule has 2 amide bonds. The van der Waals surface area contributed by atoms with Crippen molar-refractivity contribution in [1.82, 2.24) is 15.2 Å². The maximum atomic E-state index is 13.1. The fourth-order valence-electron chi connectivity index (χ4n) is 3.79. The number of hydrogen-bond acceptors (Lipinski definition) is 9. The number of aromatic nitrogens is 2. The number of aliphatic carboxylic acids is 1. The van der Waals surface area contributed by atoms with Gasteiger partial charge in [-0.05, 0) is 0 Å². The number of nitrogen functional groups attached to an aromatic ring is 1. The number of oxime groups is 1. The van der Waals surface area contributed by atoms with Gasteiger partial charge in [0.05, 0.1) is 0 Å². The zero-order chi connectivity index (χ0) is 25.6. The van der Waals surface area contributed by atoms with Crippen molar-refractivity contribution >= 4 is 74.9 Å². The maximum absolute atomic E-state index is 13.1. The van der Waals surface area contributed by atoms with Gasteiger partial charge in [-0.2, -0.15) is 0 Å². The molecule has 0 radical (unpaired) electrons. The summed E-state index contributed by atoms with van der Waals surface area (Å²) < 4.78 is 0.756. The number of anilines is 1. The third-order valence-electron chi connectivity index (χ3n) is 5.71. The van der Waals surface area contributed by atoms with Crippen LogP contribution in [0.5, 0.6) is 0 Å². The molecular weight excluding hydrogens is 551 g/mol. The lowest BCUT2D eigenvalue weighted by Crippen LogP contribution is -2.71. The Labute approximate surface area is 222 Å². The predicted molar refractivity (Wildman–Crippen MR) is 133 cm³/mol. The molecule has 4 N–H and O–H groups in total. The van der Waals surface area contributed by atoms with Gasteiger partial charge in [-0.25, -0.2) is 14.3 Å². The number of carboxylic acid groups (broad SMARTS) is 1. The number of alkyl halides is 2. The van der Waals surface area contributed by atoms with Crippen molar-refractivity contribution in [3.05, 3.63) is 52.9 Å². The first-order valence-corrected chi connectivity index (χ1v) is 13.3. The Morgan fingerprint density at radius 2 is 2.08 bits per heavy atom. The number of rotatable bonds is 8. The molecule has 1 saturated carbocycles. The molecule has 0 aromatic carbocycles. The summed E-state index contributed by atoms with van der Waals surface area (Å²) in [7, 11) is 0. The minimum absolute atomic E-state index is 0.0654. The number of thioether (sulfide) groups is 1. The van der Waals surface area contributed by atoms with Crippen molar-refractivity contribution in [2.45, 2.75) is 34.8 Å². The van der Waals surface area contributed by atoms with Crippen molar-refractivity contribution < 1.29 is 28.9 Å². The number of fused-ring (bicyclic) bond motifs is 1. The van der Waals surface area contributed by atoms with Gasteiger partial charge < -0.3 is 21.0 Å². The predicted octanol–water partition coefficient (Wildman–Crippen LogP) is 1.12. The van der Waals surface area contributed by atoms with Gasteiger partial charge in [0.1, 0.15) is 22.8 Å². The van der Waals surface area contributed by atoms with E-state index in [0.717, 1.165) is 11.3 Å². The van der Waals surface area contributed by atoms with Gasteiger partial charge in [-0.3, -0.25) is 14.5 Å². The van der Waals surface area contributed by atoms with E-state index in [1.807, 2.05) is 35.2 Å². The van der Waals surface area contributed by atoms with Crippen LogP contribution in [-0.2, 0) is 25.8 Å². The molecule has 0 spiro atoms. The second-order valence-electron chi connectivity index (χ2n) is 8.24. The van der Waals surface area contributed by atoms with Crippen LogP contribution in [0.3, 0.4) is 0 Å². The third-order valence-corrected chi connectivity index (χ3v) is 8.52. The molecule has 1 aliphatic carbocycles. The number of thiazole rings is 1. The molecule has 2 aromatic heterocycles. The van der Waals surface area contributed by atoms with Crippen LogP contribution >= 0.6 is 46.3 Å². The molecule has 11 nitrogen and oxygen atoms in total. The Hall–Kier alpha value is -2.87. The summed E-state index contributed by atoms with van der Waals surface area (Å²) in [5.41, 5.74) is 6.20. The fourth-order valence-corrected chi connectivity index (χ4v) is 6.04. The van der Waals surface area contributed by atoms with Crippen molar-refractivity contribution in [2.75, 3.05) is 11.5 Å². The number of nitrogens with two attached hydrogens (primary N) is 1. The third kappa shape index (κ3) is 4.75. The summed E-state index contributed by atoms with van der Waals surface area (Å²) in [6, 6.07) is 4.57. The summed E-state index contributed by atoms with van der Waals surface area (Å²) >= 11 is 14.4. The number of nitrogens with zero attached hydrogens (tertiary/aromatic N) is 4. The molecule has 1 unspecified atom stereocenters. The fraction of sp³-hybridized carbons (Fsp3) is 0.333. The van der Waals surface area contributed by atoms with Gasteiger partial charge in [0, 0.05) is 35.3 Å². The molecule has 188 valence electrons. The van der Waals surface area contributed by atoms with Crippen LogP contribution in [0.15, 0.2) is 52.4 Å². The first-order chi connectivity index (χ1) is 17.2. The number of carboxylic acids is 1. The van der Waals surface area contributed by atoms with E-state index in [9.17, 15) is 19.5 Å². The number of β-lactam (4-membered cyclic amide) rings is 1. The van der Waals surface area contributed by atoms with Crippen molar-refractivity contribution in [2.24, 2.45) is 5.16 Å². The van der Waals surface area contributed by atoms with Gasteiger partial charge in [0.2, 0.25) is 0 Å². The Morgan fingerprint density at radius 3 is 2.69 bits per heavy atom. The van der Waals surface area contributed by atoms with Crippen LogP contribution in [0.25, 0.3) is 0 Å². The smallest absolute Gasteiger partial charge is 0.352 e. The first-order valence-electron chi connectivity index (χ1n) is 10.6. The summed E-state index contributed by atoms with van der Waals surface area (Å²) in [5, 5.41) is 17.6. The number of pyridine rings is 1. The Bertz CT molecular complexity index is 1300. The van der Waals surface area contributed by atoms with Crippen LogP contribution in [0, 0.1) is 0 Å². The zero-order valence-electron chi connectivity index (χ0n) is 18.3. The van der Waals surface area contributed by atoms with E-state index in [1.165, 1.54) is 22.0 Å². The van der Waals surface area contributed by atoms with Crippen LogP contribution in [-0.4, -0.2) is 66.1 Å². The molecule has 2 aromatic rings. The number of carbonyl (C=O) groups excluding carboxylic acids is 2. The van der Waals surface area contributed by atoms with Crippen molar-refractivity contribution in [1.29, 1.82) is 0 Å². The second kappa shape index (κ2) is 9.54. The highest BCUT2D eigenvalue weighted by atomic mass is 35.5. The molecule has 5 rings (SSSR count). The zero-order valence-corrected chi connectivity index (χ0v) is 21.5. The second-order valence-corrected chi connectivity index (χ2v) is 11.8. The van der Waals surface area contributed by atoms with Gasteiger partial charge in [-0.1, -0.05) is 34.4 Å². The van der Waals surface area contributed by atoms with E-state index in [4.69, 9.17) is 33.8 Å². The Morgan fingerprint density at radius 1 is 1.36 bits per heavy atom. The number of nitrogens with one attached hydrogen (secondary N) is 1. The highest BCUT2D eigenvalue weighted by molar-refractivity contribution is 8.00. The van der Waals surface area contributed by atoms with Gasteiger partial charge in [-0.15, -0.1) is 23.1 Å². The monoisotopic (exact) mass is 569 g/mol. The summed E-state index contributed by atoms with van der Waals surface area (Å²) in [6.07, 6.45) is 3.39. The number of hydrogen-bond donors (Lipinski definition) is 3. The molecule has 2 fully saturated rings. The highest BCUT2D eigenvalue weighted by Crippen LogP contribution is 2.49. The number of halogens is 2. The van der Waals surface area contributed by atoms with Crippen molar-refractivity contribution in [3.8, 4) is 0 Å². The molecule has 36 heavy (non-hydrogen) atoms. The molecule has 4 heterocycles. The average molecular weight is 570 g/mol. The van der Waals surface area contributed by atoms with E-state index < -0.39 is 39.6 Å². The highest BCUT2D eigenvalue weighted by Gasteiger charge is 2.56. The Kier molecular flexibility index (Phi) is 6.57. The van der Waals surface area contributed by atoms with E-state index in [2.05, 4.69) is 15.5 Å². The molecular formula is C21H19Cl2N6O5S2+. The van der Waals surface area contributed by atoms with Crippen molar-refractivity contribution in [3.63, 3.8) is 0 Å². The minimum atomic E-state index is -1.20. The summed E-state index contributed by atoms with van der Waals surface area (Å²) in [6.45, 7) is 0.326. The molecule has 15 heteroatoms. The molecule has 3 atom stereocenters.